The maximum absolute atomic E-state index is 12.4. The first kappa shape index (κ1) is 55.6. The molecule has 0 fully saturated rings. The molecule has 0 rings (SSSR count). The number of carbonyl (C=O) groups excluding carboxylic acids is 2. The first-order valence-electron chi connectivity index (χ1n) is 25.4. The van der Waals surface area contributed by atoms with Gasteiger partial charge in [0.25, 0.3) is 0 Å². The number of esters is 1. The molecular weight excluding hydrogens is 707 g/mol. The van der Waals surface area contributed by atoms with Crippen molar-refractivity contribution in [3.63, 3.8) is 0 Å². The van der Waals surface area contributed by atoms with E-state index in [1.807, 2.05) is 0 Å². The number of unbranched alkanes of at least 4 members (excludes halogenated alkanes) is 34. The van der Waals surface area contributed by atoms with Crippen molar-refractivity contribution < 1.29 is 24.5 Å². The molecule has 338 valence electrons. The molecule has 57 heavy (non-hydrogen) atoms. The van der Waals surface area contributed by atoms with Crippen molar-refractivity contribution in [2.24, 2.45) is 0 Å². The van der Waals surface area contributed by atoms with Crippen molar-refractivity contribution >= 4 is 11.9 Å². The Bertz CT molecular complexity index is 847. The van der Waals surface area contributed by atoms with E-state index in [-0.39, 0.29) is 18.5 Å². The minimum absolute atomic E-state index is 0.0325. The number of aliphatic hydroxyl groups is 2. The third-order valence-electron chi connectivity index (χ3n) is 11.8. The van der Waals surface area contributed by atoms with Crippen LogP contribution >= 0.6 is 0 Å². The third kappa shape index (κ3) is 44.0. The topological polar surface area (TPSA) is 95.9 Å². The second kappa shape index (κ2) is 47.3. The van der Waals surface area contributed by atoms with Crippen molar-refractivity contribution in [3.8, 4) is 0 Å². The number of hydrogen-bond acceptors (Lipinski definition) is 5. The Labute approximate surface area is 355 Å². The van der Waals surface area contributed by atoms with Crippen molar-refractivity contribution in [1.82, 2.24) is 5.32 Å². The van der Waals surface area contributed by atoms with Gasteiger partial charge in [-0.1, -0.05) is 225 Å². The predicted molar refractivity (Wildman–Crippen MR) is 246 cm³/mol. The molecule has 0 saturated heterocycles. The van der Waals surface area contributed by atoms with Crippen LogP contribution in [0.15, 0.2) is 12.2 Å². The van der Waals surface area contributed by atoms with Gasteiger partial charge in [0.2, 0.25) is 5.91 Å². The molecule has 0 saturated carbocycles. The molecule has 0 heterocycles. The summed E-state index contributed by atoms with van der Waals surface area (Å²) in [5, 5.41) is 23.2. The first-order chi connectivity index (χ1) is 28.0. The summed E-state index contributed by atoms with van der Waals surface area (Å²) in [5.74, 6) is -0.0941. The second-order valence-corrected chi connectivity index (χ2v) is 17.5. The van der Waals surface area contributed by atoms with Gasteiger partial charge in [0.15, 0.2) is 0 Å². The van der Waals surface area contributed by atoms with E-state index in [1.54, 1.807) is 0 Å². The lowest BCUT2D eigenvalue weighted by Crippen LogP contribution is -2.45. The van der Waals surface area contributed by atoms with Crippen LogP contribution in [0.25, 0.3) is 0 Å². The number of hydrogen-bond donors (Lipinski definition) is 3. The minimum Gasteiger partial charge on any atom is -0.466 e. The summed E-state index contributed by atoms with van der Waals surface area (Å²) in [7, 11) is 0. The van der Waals surface area contributed by atoms with Gasteiger partial charge in [-0.3, -0.25) is 9.59 Å². The molecule has 0 aromatic rings. The average Bonchev–Trinajstić information content (AvgIpc) is 3.21. The fourth-order valence-electron chi connectivity index (χ4n) is 7.87. The quantitative estimate of drug-likeness (QED) is 0.0323. The molecule has 2 unspecified atom stereocenters. The molecule has 0 aromatic heterocycles. The normalized spacial score (nSPS) is 12.7. The molecule has 0 bridgehead atoms. The van der Waals surface area contributed by atoms with Crippen LogP contribution in [0.5, 0.6) is 0 Å². The van der Waals surface area contributed by atoms with E-state index in [4.69, 9.17) is 4.74 Å². The smallest absolute Gasteiger partial charge is 0.305 e. The van der Waals surface area contributed by atoms with Crippen LogP contribution in [0.1, 0.15) is 277 Å². The Kier molecular flexibility index (Phi) is 46.1. The zero-order valence-electron chi connectivity index (χ0n) is 38.3. The standard InChI is InChI=1S/C51H99NO5/c1-3-5-7-9-11-13-15-17-19-21-22-24-27-31-35-39-43-49(54)48(47-53)52-50(55)44-40-36-32-28-26-30-34-38-42-46-57-51(56)45-41-37-33-29-25-23-20-18-16-14-12-10-8-6-4-2/h18,20,48-49,53-54H,3-17,19,21-47H2,1-2H3,(H,52,55)/b20-18-. The van der Waals surface area contributed by atoms with Gasteiger partial charge in [-0.15, -0.1) is 0 Å². The van der Waals surface area contributed by atoms with Crippen LogP contribution in [0, 0.1) is 0 Å². The lowest BCUT2D eigenvalue weighted by Gasteiger charge is -2.22. The zero-order valence-corrected chi connectivity index (χ0v) is 38.3. The van der Waals surface area contributed by atoms with E-state index < -0.39 is 12.1 Å². The fourth-order valence-corrected chi connectivity index (χ4v) is 7.87. The Morgan fingerprint density at radius 1 is 0.474 bits per heavy atom. The molecule has 0 aliphatic heterocycles. The Balaban J connectivity index is 3.49. The summed E-state index contributed by atoms with van der Waals surface area (Å²) in [5.41, 5.74) is 0. The maximum Gasteiger partial charge on any atom is 0.305 e. The fraction of sp³-hybridized carbons (Fsp3) is 0.922. The second-order valence-electron chi connectivity index (χ2n) is 17.5. The predicted octanol–water partition coefficient (Wildman–Crippen LogP) is 15.0. The molecule has 6 heteroatoms. The van der Waals surface area contributed by atoms with Gasteiger partial charge >= 0.3 is 5.97 Å². The Hall–Kier alpha value is -1.40. The number of carbonyl (C=O) groups is 2. The zero-order chi connectivity index (χ0) is 41.5. The van der Waals surface area contributed by atoms with Crippen LogP contribution in [-0.2, 0) is 14.3 Å². The van der Waals surface area contributed by atoms with Gasteiger partial charge in [-0.05, 0) is 51.4 Å². The molecule has 0 aromatic carbocycles. The van der Waals surface area contributed by atoms with Crippen molar-refractivity contribution in [1.29, 1.82) is 0 Å². The van der Waals surface area contributed by atoms with Crippen LogP contribution in [0.3, 0.4) is 0 Å². The van der Waals surface area contributed by atoms with Crippen molar-refractivity contribution in [2.45, 2.75) is 289 Å². The van der Waals surface area contributed by atoms with Gasteiger partial charge < -0.3 is 20.3 Å². The summed E-state index contributed by atoms with van der Waals surface area (Å²) in [6.07, 6.45) is 53.1. The van der Waals surface area contributed by atoms with Gasteiger partial charge in [-0.2, -0.15) is 0 Å². The van der Waals surface area contributed by atoms with Crippen LogP contribution in [0.2, 0.25) is 0 Å². The van der Waals surface area contributed by atoms with Gasteiger partial charge in [-0.25, -0.2) is 0 Å². The first-order valence-corrected chi connectivity index (χ1v) is 25.4. The van der Waals surface area contributed by atoms with E-state index in [1.165, 1.54) is 186 Å². The van der Waals surface area contributed by atoms with E-state index in [2.05, 4.69) is 31.3 Å². The Morgan fingerprint density at radius 2 is 0.825 bits per heavy atom. The highest BCUT2D eigenvalue weighted by Gasteiger charge is 2.20. The molecule has 6 nitrogen and oxygen atoms in total. The molecular formula is C51H99NO5. The molecule has 2 atom stereocenters. The van der Waals surface area contributed by atoms with Crippen molar-refractivity contribution in [3.05, 3.63) is 12.2 Å². The summed E-state index contributed by atoms with van der Waals surface area (Å²) < 4.78 is 5.45. The highest BCUT2D eigenvalue weighted by atomic mass is 16.5. The summed E-state index contributed by atoms with van der Waals surface area (Å²) in [6.45, 7) is 4.89. The SMILES string of the molecule is CCCCCCCC/C=C\CCCCCCCC(=O)OCCCCCCCCCCCC(=O)NC(CO)C(O)CCCCCCCCCCCCCCCCCC. The molecule has 0 spiro atoms. The number of allylic oxidation sites excluding steroid dienone is 2. The van der Waals surface area contributed by atoms with Gasteiger partial charge in [0.1, 0.15) is 0 Å². The molecule has 1 amide bonds. The van der Waals surface area contributed by atoms with E-state index in [0.29, 0.717) is 25.9 Å². The van der Waals surface area contributed by atoms with Crippen LogP contribution in [0.4, 0.5) is 0 Å². The number of amides is 1. The maximum atomic E-state index is 12.4. The highest BCUT2D eigenvalue weighted by molar-refractivity contribution is 5.76. The lowest BCUT2D eigenvalue weighted by molar-refractivity contribution is -0.143. The highest BCUT2D eigenvalue weighted by Crippen LogP contribution is 2.16. The summed E-state index contributed by atoms with van der Waals surface area (Å²) in [4.78, 5) is 24.5. The number of aliphatic hydroxyl groups excluding tert-OH is 2. The lowest BCUT2D eigenvalue weighted by atomic mass is 10.0. The third-order valence-corrected chi connectivity index (χ3v) is 11.8. The van der Waals surface area contributed by atoms with E-state index >= 15 is 0 Å². The van der Waals surface area contributed by atoms with E-state index in [9.17, 15) is 19.8 Å². The number of rotatable bonds is 47. The average molecular weight is 806 g/mol. The molecule has 0 aliphatic carbocycles. The van der Waals surface area contributed by atoms with Crippen molar-refractivity contribution in [2.75, 3.05) is 13.2 Å². The van der Waals surface area contributed by atoms with Gasteiger partial charge in [0.05, 0.1) is 25.4 Å². The minimum atomic E-state index is -0.681. The van der Waals surface area contributed by atoms with Crippen LogP contribution < -0.4 is 5.32 Å². The number of nitrogens with one attached hydrogen (secondary N) is 1. The van der Waals surface area contributed by atoms with Gasteiger partial charge in [0, 0.05) is 12.8 Å². The van der Waals surface area contributed by atoms with E-state index in [0.717, 1.165) is 57.8 Å². The monoisotopic (exact) mass is 806 g/mol. The Morgan fingerprint density at radius 3 is 1.25 bits per heavy atom. The largest absolute Gasteiger partial charge is 0.466 e. The molecule has 0 aliphatic rings. The molecule has 3 N–H and O–H groups in total. The number of ether oxygens (including phenoxy) is 1. The summed E-state index contributed by atoms with van der Waals surface area (Å²) >= 11 is 0. The summed E-state index contributed by atoms with van der Waals surface area (Å²) in [6, 6.07) is -0.561. The van der Waals surface area contributed by atoms with Crippen LogP contribution in [-0.4, -0.2) is 47.4 Å². The molecule has 0 radical (unpaired) electrons.